The van der Waals surface area contributed by atoms with Gasteiger partial charge in [-0.1, -0.05) is 23.7 Å². The Kier molecular flexibility index (Phi) is 8.48. The highest BCUT2D eigenvalue weighted by molar-refractivity contribution is 6.30. The Bertz CT molecular complexity index is 1310. The van der Waals surface area contributed by atoms with E-state index in [4.69, 9.17) is 16.3 Å². The van der Waals surface area contributed by atoms with Crippen LogP contribution >= 0.6 is 11.6 Å². The number of amides is 1. The fourth-order valence-electron chi connectivity index (χ4n) is 3.13. The summed E-state index contributed by atoms with van der Waals surface area (Å²) in [6.07, 6.45) is -0.909. The average Bonchev–Trinajstić information content (AvgIpc) is 2.81. The highest BCUT2D eigenvalue weighted by Gasteiger charge is 2.16. The van der Waals surface area contributed by atoms with Crippen LogP contribution in [-0.4, -0.2) is 40.0 Å². The van der Waals surface area contributed by atoms with Crippen molar-refractivity contribution in [3.63, 3.8) is 0 Å². The van der Waals surface area contributed by atoms with Crippen molar-refractivity contribution in [2.45, 2.75) is 33.0 Å². The van der Waals surface area contributed by atoms with Crippen molar-refractivity contribution in [2.75, 3.05) is 19.0 Å². The van der Waals surface area contributed by atoms with Crippen molar-refractivity contribution < 1.29 is 18.7 Å². The lowest BCUT2D eigenvalue weighted by Gasteiger charge is -2.16. The van der Waals surface area contributed by atoms with Gasteiger partial charge in [0, 0.05) is 29.9 Å². The Balaban J connectivity index is 1.98. The van der Waals surface area contributed by atoms with Crippen molar-refractivity contribution in [3.05, 3.63) is 79.8 Å². The van der Waals surface area contributed by atoms with Gasteiger partial charge in [0.25, 0.3) is 0 Å². The molecule has 0 aliphatic carbocycles. The highest BCUT2D eigenvalue weighted by Crippen LogP contribution is 2.24. The second kappa shape index (κ2) is 11.5. The van der Waals surface area contributed by atoms with Crippen molar-refractivity contribution >= 4 is 29.3 Å². The number of hydrogen-bond donors (Lipinski definition) is 2. The first-order valence-corrected chi connectivity index (χ1v) is 11.1. The molecular formula is C23H25ClFN5O5. The van der Waals surface area contributed by atoms with Crippen LogP contribution in [0.3, 0.4) is 0 Å². The largest absolute Gasteiger partial charge is 0.488 e. The quantitative estimate of drug-likeness (QED) is 0.459. The molecule has 2 N–H and O–H groups in total. The van der Waals surface area contributed by atoms with Crippen LogP contribution in [-0.2, 0) is 17.8 Å². The summed E-state index contributed by atoms with van der Waals surface area (Å²) in [6.45, 7) is 3.45. The Hall–Kier alpha value is -3.86. The van der Waals surface area contributed by atoms with Gasteiger partial charge in [-0.05, 0) is 43.7 Å². The monoisotopic (exact) mass is 505 g/mol. The summed E-state index contributed by atoms with van der Waals surface area (Å²) >= 11 is 5.96. The maximum absolute atomic E-state index is 14.5. The summed E-state index contributed by atoms with van der Waals surface area (Å²) in [5, 5.41) is 5.78. The molecule has 35 heavy (non-hydrogen) atoms. The number of nitrogens with one attached hydrogen (secondary N) is 2. The average molecular weight is 506 g/mol. The minimum atomic E-state index is -0.836. The van der Waals surface area contributed by atoms with Crippen LogP contribution in [0.15, 0.2) is 52.1 Å². The third-order valence-electron chi connectivity index (χ3n) is 4.74. The summed E-state index contributed by atoms with van der Waals surface area (Å²) < 4.78 is 26.5. The molecule has 12 heteroatoms. The van der Waals surface area contributed by atoms with Crippen LogP contribution in [0.25, 0.3) is 0 Å². The summed E-state index contributed by atoms with van der Waals surface area (Å²) in [4.78, 5) is 41.2. The molecule has 0 unspecified atom stereocenters. The Morgan fingerprint density at radius 1 is 1.14 bits per heavy atom. The smallest absolute Gasteiger partial charge is 0.406 e. The molecule has 1 aromatic heterocycles. The summed E-state index contributed by atoms with van der Waals surface area (Å²) in [5.74, 6) is -0.618. The van der Waals surface area contributed by atoms with E-state index in [9.17, 15) is 18.8 Å². The van der Waals surface area contributed by atoms with E-state index in [0.717, 1.165) is 4.57 Å². The molecule has 2 aromatic carbocycles. The molecule has 0 aliphatic heterocycles. The maximum atomic E-state index is 14.5. The van der Waals surface area contributed by atoms with E-state index in [1.54, 1.807) is 44.2 Å². The number of anilines is 2. The molecular weight excluding hydrogens is 481 g/mol. The normalized spacial score (nSPS) is 10.8. The number of halogens is 2. The predicted molar refractivity (Wildman–Crippen MR) is 129 cm³/mol. The molecule has 0 atom stereocenters. The zero-order chi connectivity index (χ0) is 25.5. The molecule has 1 heterocycles. The summed E-state index contributed by atoms with van der Waals surface area (Å²) in [7, 11) is 1.20. The number of methoxy groups -OCH3 is 1. The molecule has 10 nitrogen and oxygen atoms in total. The van der Waals surface area contributed by atoms with Crippen molar-refractivity contribution in [3.8, 4) is 5.75 Å². The van der Waals surface area contributed by atoms with E-state index >= 15 is 0 Å². The van der Waals surface area contributed by atoms with Crippen LogP contribution in [0, 0.1) is 5.82 Å². The number of rotatable bonds is 9. The molecule has 0 saturated carbocycles. The number of aromatic nitrogens is 3. The van der Waals surface area contributed by atoms with E-state index < -0.39 is 23.3 Å². The number of alkyl carbamates (subject to hydrolysis) is 1. The zero-order valence-corrected chi connectivity index (χ0v) is 20.1. The van der Waals surface area contributed by atoms with Gasteiger partial charge < -0.3 is 20.1 Å². The minimum absolute atomic E-state index is 0.0280. The molecule has 0 bridgehead atoms. The minimum Gasteiger partial charge on any atom is -0.488 e. The van der Waals surface area contributed by atoms with Gasteiger partial charge in [-0.2, -0.15) is 4.98 Å². The number of carbonyl (C=O) groups is 1. The zero-order valence-electron chi connectivity index (χ0n) is 19.4. The molecule has 0 fully saturated rings. The van der Waals surface area contributed by atoms with E-state index in [1.807, 2.05) is 0 Å². The first-order valence-electron chi connectivity index (χ1n) is 10.7. The first kappa shape index (κ1) is 25.8. The molecule has 3 rings (SSSR count). The molecule has 1 amide bonds. The van der Waals surface area contributed by atoms with Crippen LogP contribution in [0.5, 0.6) is 5.75 Å². The van der Waals surface area contributed by atoms with Crippen molar-refractivity contribution in [1.29, 1.82) is 0 Å². The van der Waals surface area contributed by atoms with Crippen LogP contribution < -0.4 is 26.7 Å². The fraction of sp³-hybridized carbons (Fsp3) is 0.304. The number of benzene rings is 2. The Morgan fingerprint density at radius 3 is 2.49 bits per heavy atom. The Labute approximate surface area is 205 Å². The summed E-state index contributed by atoms with van der Waals surface area (Å²) in [6, 6.07) is 11.0. The maximum Gasteiger partial charge on any atom is 0.406 e. The summed E-state index contributed by atoms with van der Waals surface area (Å²) in [5.41, 5.74) is -0.530. The number of ether oxygens (including phenoxy) is 2. The lowest BCUT2D eigenvalue weighted by atomic mass is 10.2. The second-order valence-corrected chi connectivity index (χ2v) is 8.16. The van der Waals surface area contributed by atoms with E-state index in [1.165, 1.54) is 23.8 Å². The van der Waals surface area contributed by atoms with Crippen molar-refractivity contribution in [1.82, 2.24) is 19.4 Å². The van der Waals surface area contributed by atoms with Crippen LogP contribution in [0.4, 0.5) is 20.8 Å². The van der Waals surface area contributed by atoms with Gasteiger partial charge in [-0.15, -0.1) is 0 Å². The third-order valence-corrected chi connectivity index (χ3v) is 5.00. The molecule has 0 aliphatic rings. The fourth-order valence-corrected chi connectivity index (χ4v) is 3.26. The lowest BCUT2D eigenvalue weighted by molar-refractivity contribution is 0.170. The van der Waals surface area contributed by atoms with E-state index in [0.29, 0.717) is 10.6 Å². The van der Waals surface area contributed by atoms with E-state index in [2.05, 4.69) is 20.4 Å². The van der Waals surface area contributed by atoms with Gasteiger partial charge in [0.2, 0.25) is 5.95 Å². The number of hydrogen-bond acceptors (Lipinski definition) is 7. The molecule has 0 saturated heterocycles. The molecule has 0 radical (unpaired) electrons. The third kappa shape index (κ3) is 6.82. The van der Waals surface area contributed by atoms with Crippen LogP contribution in [0.2, 0.25) is 5.02 Å². The van der Waals surface area contributed by atoms with Gasteiger partial charge in [-0.25, -0.2) is 23.3 Å². The highest BCUT2D eigenvalue weighted by atomic mass is 35.5. The second-order valence-electron chi connectivity index (χ2n) is 7.72. The topological polar surface area (TPSA) is 116 Å². The van der Waals surface area contributed by atoms with Gasteiger partial charge in [0.1, 0.15) is 0 Å². The number of nitrogens with zero attached hydrogens (tertiary/aromatic N) is 3. The Morgan fingerprint density at radius 2 is 1.86 bits per heavy atom. The molecule has 0 spiro atoms. The van der Waals surface area contributed by atoms with Gasteiger partial charge >= 0.3 is 17.5 Å². The van der Waals surface area contributed by atoms with Gasteiger partial charge in [0.15, 0.2) is 11.6 Å². The predicted octanol–water partition coefficient (Wildman–Crippen LogP) is 3.13. The van der Waals surface area contributed by atoms with Crippen LogP contribution in [0.1, 0.15) is 19.4 Å². The number of carbonyl (C=O) groups excluding carboxylic acids is 1. The van der Waals surface area contributed by atoms with E-state index in [-0.39, 0.29) is 43.1 Å². The van der Waals surface area contributed by atoms with Gasteiger partial charge in [-0.3, -0.25) is 4.57 Å². The van der Waals surface area contributed by atoms with Gasteiger partial charge in [0.05, 0.1) is 19.8 Å². The first-order chi connectivity index (χ1) is 16.7. The molecule has 3 aromatic rings. The SMILES string of the molecule is COC(=O)NCCn1c(=O)nc(Nc2ccc(OC(C)C)c(F)c2)n(Cc2ccc(Cl)cc2)c1=O. The standard InChI is InChI=1S/C23H25ClFN5O5/c1-14(2)35-19-9-8-17(12-18(19)25)27-20-28-21(31)29(11-10-26-22(32)34-3)23(33)30(20)13-15-4-6-16(24)7-5-15/h4-9,12,14H,10-11,13H2,1-3H3,(H,26,32)(H,27,28,31). The lowest BCUT2D eigenvalue weighted by Crippen LogP contribution is -2.44. The van der Waals surface area contributed by atoms with Crippen molar-refractivity contribution in [2.24, 2.45) is 0 Å². The molecule has 186 valence electrons.